The summed E-state index contributed by atoms with van der Waals surface area (Å²) in [5, 5.41) is 11.8. The molecule has 0 unspecified atom stereocenters. The monoisotopic (exact) mass is 325 g/mol. The lowest BCUT2D eigenvalue weighted by molar-refractivity contribution is -0.385. The van der Waals surface area contributed by atoms with Crippen molar-refractivity contribution in [3.63, 3.8) is 0 Å². The first kappa shape index (κ1) is 15.3. The highest BCUT2D eigenvalue weighted by atomic mass is 35.5. The standard InChI is InChI=1S/C14H9Cl2NO4/c1-21-14(18)11-6-8(2-5-13(11)17(19)20)10-4-3-9(15)7-12(10)16/h2-7H,1H3. The summed E-state index contributed by atoms with van der Waals surface area (Å²) < 4.78 is 4.57. The Balaban J connectivity index is 2.61. The first-order valence-electron chi connectivity index (χ1n) is 5.76. The number of esters is 1. The summed E-state index contributed by atoms with van der Waals surface area (Å²) >= 11 is 11.9. The molecule has 0 atom stereocenters. The van der Waals surface area contributed by atoms with Gasteiger partial charge in [0.25, 0.3) is 5.69 Å². The Labute approximate surface area is 130 Å². The summed E-state index contributed by atoms with van der Waals surface area (Å²) in [6, 6.07) is 9.00. The molecule has 2 rings (SSSR count). The maximum Gasteiger partial charge on any atom is 0.344 e. The summed E-state index contributed by atoms with van der Waals surface area (Å²) in [6.07, 6.45) is 0. The van der Waals surface area contributed by atoms with Crippen LogP contribution in [-0.4, -0.2) is 18.0 Å². The van der Waals surface area contributed by atoms with Crippen molar-refractivity contribution in [1.82, 2.24) is 0 Å². The number of nitro groups is 1. The lowest BCUT2D eigenvalue weighted by Crippen LogP contribution is -2.05. The second kappa shape index (κ2) is 6.11. The number of methoxy groups -OCH3 is 1. The van der Waals surface area contributed by atoms with Crippen LogP contribution in [0.2, 0.25) is 10.0 Å². The predicted octanol–water partition coefficient (Wildman–Crippen LogP) is 4.36. The third kappa shape index (κ3) is 3.15. The van der Waals surface area contributed by atoms with E-state index >= 15 is 0 Å². The summed E-state index contributed by atoms with van der Waals surface area (Å²) in [5.41, 5.74) is 0.713. The molecule has 2 aromatic rings. The van der Waals surface area contributed by atoms with E-state index in [1.807, 2.05) is 0 Å². The zero-order chi connectivity index (χ0) is 15.6. The van der Waals surface area contributed by atoms with Crippen molar-refractivity contribution in [3.05, 3.63) is 62.1 Å². The molecule has 0 N–H and O–H groups in total. The molecule has 0 saturated heterocycles. The lowest BCUT2D eigenvalue weighted by Gasteiger charge is -2.07. The lowest BCUT2D eigenvalue weighted by atomic mass is 10.0. The number of ether oxygens (including phenoxy) is 1. The molecule has 7 heteroatoms. The predicted molar refractivity (Wildman–Crippen MR) is 79.9 cm³/mol. The molecule has 0 amide bonds. The van der Waals surface area contributed by atoms with Gasteiger partial charge < -0.3 is 4.74 Å². The van der Waals surface area contributed by atoms with Crippen LogP contribution in [0.25, 0.3) is 11.1 Å². The SMILES string of the molecule is COC(=O)c1cc(-c2ccc(Cl)cc2Cl)ccc1[N+](=O)[O-]. The number of carbonyl (C=O) groups is 1. The Hall–Kier alpha value is -2.11. The van der Waals surface area contributed by atoms with Gasteiger partial charge >= 0.3 is 5.97 Å². The van der Waals surface area contributed by atoms with E-state index in [1.54, 1.807) is 18.2 Å². The fraction of sp³-hybridized carbons (Fsp3) is 0.0714. The molecule has 0 radical (unpaired) electrons. The first-order chi connectivity index (χ1) is 9.93. The van der Waals surface area contributed by atoms with E-state index in [0.29, 0.717) is 21.2 Å². The molecule has 0 aliphatic rings. The molecule has 21 heavy (non-hydrogen) atoms. The minimum absolute atomic E-state index is 0.133. The van der Waals surface area contributed by atoms with Crippen LogP contribution in [0.3, 0.4) is 0 Å². The normalized spacial score (nSPS) is 10.2. The van der Waals surface area contributed by atoms with Crippen molar-refractivity contribution < 1.29 is 14.5 Å². The number of hydrogen-bond acceptors (Lipinski definition) is 4. The number of hydrogen-bond donors (Lipinski definition) is 0. The smallest absolute Gasteiger partial charge is 0.344 e. The van der Waals surface area contributed by atoms with Crippen molar-refractivity contribution in [3.8, 4) is 11.1 Å². The van der Waals surface area contributed by atoms with Gasteiger partial charge in [0.1, 0.15) is 5.56 Å². The Morgan fingerprint density at radius 2 is 1.90 bits per heavy atom. The summed E-state index contributed by atoms with van der Waals surface area (Å²) in [6.45, 7) is 0. The van der Waals surface area contributed by atoms with Crippen LogP contribution in [0.1, 0.15) is 10.4 Å². The Morgan fingerprint density at radius 3 is 2.48 bits per heavy atom. The molecule has 0 aliphatic heterocycles. The first-order valence-corrected chi connectivity index (χ1v) is 6.52. The Kier molecular flexibility index (Phi) is 4.45. The summed E-state index contributed by atoms with van der Waals surface area (Å²) in [7, 11) is 1.16. The zero-order valence-corrected chi connectivity index (χ0v) is 12.3. The molecule has 0 aromatic heterocycles. The highest BCUT2D eigenvalue weighted by Gasteiger charge is 2.22. The van der Waals surface area contributed by atoms with E-state index < -0.39 is 10.9 Å². The van der Waals surface area contributed by atoms with Crippen LogP contribution in [-0.2, 0) is 4.74 Å². The second-order valence-electron chi connectivity index (χ2n) is 4.10. The minimum Gasteiger partial charge on any atom is -0.465 e. The van der Waals surface area contributed by atoms with Gasteiger partial charge in [0.05, 0.1) is 12.0 Å². The fourth-order valence-electron chi connectivity index (χ4n) is 1.86. The molecule has 0 fully saturated rings. The third-order valence-corrected chi connectivity index (χ3v) is 3.39. The number of rotatable bonds is 3. The van der Waals surface area contributed by atoms with E-state index in [2.05, 4.69) is 4.74 Å². The van der Waals surface area contributed by atoms with Gasteiger partial charge in [-0.05, 0) is 29.8 Å². The molecule has 2 aromatic carbocycles. The van der Waals surface area contributed by atoms with E-state index in [-0.39, 0.29) is 11.3 Å². The Morgan fingerprint density at radius 1 is 1.19 bits per heavy atom. The number of carbonyl (C=O) groups excluding carboxylic acids is 1. The van der Waals surface area contributed by atoms with Gasteiger partial charge in [-0.2, -0.15) is 0 Å². The Bertz CT molecular complexity index is 731. The molecule has 0 saturated carbocycles. The van der Waals surface area contributed by atoms with Crippen molar-refractivity contribution in [2.75, 3.05) is 7.11 Å². The minimum atomic E-state index is -0.784. The van der Waals surface area contributed by atoms with Crippen LogP contribution >= 0.6 is 23.2 Å². The van der Waals surface area contributed by atoms with Crippen LogP contribution < -0.4 is 0 Å². The van der Waals surface area contributed by atoms with Crippen molar-refractivity contribution in [2.24, 2.45) is 0 Å². The van der Waals surface area contributed by atoms with Crippen molar-refractivity contribution in [2.45, 2.75) is 0 Å². The molecule has 108 valence electrons. The zero-order valence-electron chi connectivity index (χ0n) is 10.8. The van der Waals surface area contributed by atoms with E-state index in [4.69, 9.17) is 23.2 Å². The van der Waals surface area contributed by atoms with Crippen LogP contribution in [0.5, 0.6) is 0 Å². The average molecular weight is 326 g/mol. The number of benzene rings is 2. The molecule has 5 nitrogen and oxygen atoms in total. The van der Waals surface area contributed by atoms with Gasteiger partial charge in [0.2, 0.25) is 0 Å². The maximum atomic E-state index is 11.7. The summed E-state index contributed by atoms with van der Waals surface area (Å²) in [5.74, 6) is -0.784. The molecule has 0 heterocycles. The average Bonchev–Trinajstić information content (AvgIpc) is 2.45. The quantitative estimate of drug-likeness (QED) is 0.477. The maximum absolute atomic E-state index is 11.7. The largest absolute Gasteiger partial charge is 0.465 e. The number of nitrogens with zero attached hydrogens (tertiary/aromatic N) is 1. The van der Waals surface area contributed by atoms with Crippen LogP contribution in [0.4, 0.5) is 5.69 Å². The van der Waals surface area contributed by atoms with Crippen molar-refractivity contribution >= 4 is 34.9 Å². The highest BCUT2D eigenvalue weighted by molar-refractivity contribution is 6.36. The molecular weight excluding hydrogens is 317 g/mol. The van der Waals surface area contributed by atoms with Crippen molar-refractivity contribution in [1.29, 1.82) is 0 Å². The van der Waals surface area contributed by atoms with E-state index in [0.717, 1.165) is 7.11 Å². The van der Waals surface area contributed by atoms with Gasteiger partial charge in [-0.3, -0.25) is 10.1 Å². The number of halogens is 2. The second-order valence-corrected chi connectivity index (χ2v) is 4.95. The number of nitro benzene ring substituents is 1. The molecule has 0 spiro atoms. The van der Waals surface area contributed by atoms with Gasteiger partial charge in [-0.1, -0.05) is 29.3 Å². The topological polar surface area (TPSA) is 69.4 Å². The van der Waals surface area contributed by atoms with Crippen LogP contribution in [0.15, 0.2) is 36.4 Å². The van der Waals surface area contributed by atoms with Gasteiger partial charge in [0, 0.05) is 21.7 Å². The molecule has 0 bridgehead atoms. The molecular formula is C14H9Cl2NO4. The van der Waals surface area contributed by atoms with Gasteiger partial charge in [0.15, 0.2) is 0 Å². The fourth-order valence-corrected chi connectivity index (χ4v) is 2.38. The van der Waals surface area contributed by atoms with Gasteiger partial charge in [-0.15, -0.1) is 0 Å². The molecule has 0 aliphatic carbocycles. The summed E-state index contributed by atoms with van der Waals surface area (Å²) in [4.78, 5) is 22.0. The third-order valence-electron chi connectivity index (χ3n) is 2.84. The van der Waals surface area contributed by atoms with E-state index in [1.165, 1.54) is 18.2 Å². The highest BCUT2D eigenvalue weighted by Crippen LogP contribution is 2.33. The van der Waals surface area contributed by atoms with Gasteiger partial charge in [-0.25, -0.2) is 4.79 Å². The van der Waals surface area contributed by atoms with E-state index in [9.17, 15) is 14.9 Å². The van der Waals surface area contributed by atoms with Crippen LogP contribution in [0, 0.1) is 10.1 Å².